The van der Waals surface area contributed by atoms with Gasteiger partial charge in [0.15, 0.2) is 0 Å². The zero-order chi connectivity index (χ0) is 16.8. The Morgan fingerprint density at radius 1 is 1.24 bits per heavy atom. The molecule has 2 bridgehead atoms. The van der Waals surface area contributed by atoms with Gasteiger partial charge in [-0.05, 0) is 18.9 Å². The van der Waals surface area contributed by atoms with E-state index in [2.05, 4.69) is 27.2 Å². The van der Waals surface area contributed by atoms with Gasteiger partial charge < -0.3 is 9.64 Å². The van der Waals surface area contributed by atoms with Gasteiger partial charge in [0.1, 0.15) is 0 Å². The lowest BCUT2D eigenvalue weighted by Crippen LogP contribution is -2.40. The SMILES string of the molecule is Cn1nccc1CN1[C@H]2CC[C@H]1c1cnc(N3CCOCC3)nc1C2. The minimum absolute atomic E-state index is 0.447. The quantitative estimate of drug-likeness (QED) is 0.840. The van der Waals surface area contributed by atoms with Gasteiger partial charge >= 0.3 is 0 Å². The number of nitrogens with zero attached hydrogens (tertiary/aromatic N) is 6. The van der Waals surface area contributed by atoms with Gasteiger partial charge in [-0.15, -0.1) is 0 Å². The lowest BCUT2D eigenvalue weighted by Gasteiger charge is -2.36. The molecule has 132 valence electrons. The minimum atomic E-state index is 0.447. The van der Waals surface area contributed by atoms with E-state index in [1.165, 1.54) is 29.8 Å². The van der Waals surface area contributed by atoms with Gasteiger partial charge in [0, 0.05) is 63.1 Å². The van der Waals surface area contributed by atoms with E-state index in [9.17, 15) is 0 Å². The molecule has 3 aliphatic rings. The van der Waals surface area contributed by atoms with Crippen LogP contribution in [0.2, 0.25) is 0 Å². The number of morpholine rings is 1. The first-order chi connectivity index (χ1) is 12.3. The third kappa shape index (κ3) is 2.62. The molecule has 0 aliphatic carbocycles. The molecule has 0 radical (unpaired) electrons. The zero-order valence-electron chi connectivity index (χ0n) is 14.6. The van der Waals surface area contributed by atoms with E-state index >= 15 is 0 Å². The van der Waals surface area contributed by atoms with Crippen molar-refractivity contribution in [3.63, 3.8) is 0 Å². The fourth-order valence-corrected chi connectivity index (χ4v) is 4.47. The van der Waals surface area contributed by atoms with Crippen LogP contribution in [0, 0.1) is 0 Å². The number of fused-ring (bicyclic) bond motifs is 4. The van der Waals surface area contributed by atoms with Crippen molar-refractivity contribution in [1.29, 1.82) is 0 Å². The van der Waals surface area contributed by atoms with Crippen molar-refractivity contribution in [2.24, 2.45) is 7.05 Å². The molecule has 2 saturated heterocycles. The van der Waals surface area contributed by atoms with Crippen LogP contribution >= 0.6 is 0 Å². The van der Waals surface area contributed by atoms with Gasteiger partial charge in [-0.3, -0.25) is 9.58 Å². The lowest BCUT2D eigenvalue weighted by atomic mass is 9.99. The summed E-state index contributed by atoms with van der Waals surface area (Å²) in [5, 5.41) is 4.31. The number of hydrogen-bond donors (Lipinski definition) is 0. The van der Waals surface area contributed by atoms with Crippen molar-refractivity contribution in [2.75, 3.05) is 31.2 Å². The number of anilines is 1. The summed E-state index contributed by atoms with van der Waals surface area (Å²) in [4.78, 5) is 14.5. The van der Waals surface area contributed by atoms with Crippen molar-refractivity contribution in [2.45, 2.75) is 37.9 Å². The molecule has 7 nitrogen and oxygen atoms in total. The topological polar surface area (TPSA) is 59.3 Å². The van der Waals surface area contributed by atoms with Crippen molar-refractivity contribution < 1.29 is 4.74 Å². The Labute approximate surface area is 147 Å². The van der Waals surface area contributed by atoms with Crippen molar-refractivity contribution in [1.82, 2.24) is 24.6 Å². The molecule has 0 spiro atoms. The Hall–Kier alpha value is -1.99. The summed E-state index contributed by atoms with van der Waals surface area (Å²) in [5.41, 5.74) is 3.85. The highest BCUT2D eigenvalue weighted by Gasteiger charge is 2.41. The van der Waals surface area contributed by atoms with Gasteiger partial charge in [-0.1, -0.05) is 0 Å². The fourth-order valence-electron chi connectivity index (χ4n) is 4.47. The summed E-state index contributed by atoms with van der Waals surface area (Å²) >= 11 is 0. The average molecular weight is 340 g/mol. The lowest BCUT2D eigenvalue weighted by molar-refractivity contribution is 0.122. The summed E-state index contributed by atoms with van der Waals surface area (Å²) in [6.07, 6.45) is 7.44. The van der Waals surface area contributed by atoms with Crippen LogP contribution in [0.15, 0.2) is 18.5 Å². The number of aryl methyl sites for hydroxylation is 1. The fraction of sp³-hybridized carbons (Fsp3) is 0.611. The van der Waals surface area contributed by atoms with Crippen molar-refractivity contribution in [3.8, 4) is 0 Å². The van der Waals surface area contributed by atoms with Crippen LogP contribution in [-0.4, -0.2) is 57.0 Å². The van der Waals surface area contributed by atoms with Crippen LogP contribution in [-0.2, 0) is 24.8 Å². The van der Waals surface area contributed by atoms with Gasteiger partial charge in [-0.2, -0.15) is 5.10 Å². The first kappa shape index (κ1) is 15.3. The molecule has 2 aromatic rings. The average Bonchev–Trinajstić information content (AvgIpc) is 3.17. The van der Waals surface area contributed by atoms with E-state index in [-0.39, 0.29) is 0 Å². The molecule has 0 unspecified atom stereocenters. The number of ether oxygens (including phenoxy) is 1. The molecule has 25 heavy (non-hydrogen) atoms. The largest absolute Gasteiger partial charge is 0.378 e. The van der Waals surface area contributed by atoms with Gasteiger partial charge in [0.25, 0.3) is 0 Å². The molecule has 2 aromatic heterocycles. The third-order valence-electron chi connectivity index (χ3n) is 5.88. The highest BCUT2D eigenvalue weighted by molar-refractivity contribution is 5.37. The van der Waals surface area contributed by atoms with Gasteiger partial charge in [-0.25, -0.2) is 9.97 Å². The van der Waals surface area contributed by atoms with E-state index in [4.69, 9.17) is 14.7 Å². The number of rotatable bonds is 3. The molecule has 5 heterocycles. The number of aromatic nitrogens is 4. The Balaban J connectivity index is 1.41. The molecule has 5 rings (SSSR count). The second kappa shape index (κ2) is 6.07. The molecule has 2 atom stereocenters. The predicted octanol–water partition coefficient (Wildman–Crippen LogP) is 1.31. The van der Waals surface area contributed by atoms with Crippen LogP contribution in [0.25, 0.3) is 0 Å². The summed E-state index contributed by atoms with van der Waals surface area (Å²) in [5.74, 6) is 0.876. The molecule has 3 aliphatic heterocycles. The molecule has 0 amide bonds. The number of hydrogen-bond acceptors (Lipinski definition) is 6. The van der Waals surface area contributed by atoms with Crippen LogP contribution < -0.4 is 4.90 Å². The molecule has 0 aromatic carbocycles. The van der Waals surface area contributed by atoms with E-state index < -0.39 is 0 Å². The maximum absolute atomic E-state index is 5.44. The van der Waals surface area contributed by atoms with Gasteiger partial charge in [0.2, 0.25) is 5.95 Å². The highest BCUT2D eigenvalue weighted by Crippen LogP contribution is 2.43. The second-order valence-corrected chi connectivity index (χ2v) is 7.24. The van der Waals surface area contributed by atoms with Crippen LogP contribution in [0.4, 0.5) is 5.95 Å². The monoisotopic (exact) mass is 340 g/mol. The summed E-state index contributed by atoms with van der Waals surface area (Å²) < 4.78 is 7.42. The van der Waals surface area contributed by atoms with Crippen LogP contribution in [0.5, 0.6) is 0 Å². The summed E-state index contributed by atoms with van der Waals surface area (Å²) in [6, 6.07) is 3.15. The molecule has 0 saturated carbocycles. The maximum Gasteiger partial charge on any atom is 0.225 e. The van der Waals surface area contributed by atoms with Crippen molar-refractivity contribution in [3.05, 3.63) is 35.4 Å². The minimum Gasteiger partial charge on any atom is -0.378 e. The van der Waals surface area contributed by atoms with Crippen molar-refractivity contribution >= 4 is 5.95 Å². The smallest absolute Gasteiger partial charge is 0.225 e. The van der Waals surface area contributed by atoms with E-state index in [0.29, 0.717) is 12.1 Å². The maximum atomic E-state index is 5.44. The predicted molar refractivity (Wildman–Crippen MR) is 93.3 cm³/mol. The van der Waals surface area contributed by atoms with Gasteiger partial charge in [0.05, 0.1) is 24.6 Å². The molecule has 7 heteroatoms. The summed E-state index contributed by atoms with van der Waals surface area (Å²) in [6.45, 7) is 4.27. The standard InChI is InChI=1S/C18H24N6O/c1-22-14(4-5-20-22)12-24-13-2-3-17(24)15-11-19-18(21-16(15)10-13)23-6-8-25-9-7-23/h4-5,11,13,17H,2-3,6-10,12H2,1H3/t13-,17-/m0/s1. The zero-order valence-corrected chi connectivity index (χ0v) is 14.6. The van der Waals surface area contributed by atoms with E-state index in [1.54, 1.807) is 0 Å². The highest BCUT2D eigenvalue weighted by atomic mass is 16.5. The van der Waals surface area contributed by atoms with Crippen LogP contribution in [0.1, 0.15) is 35.8 Å². The first-order valence-corrected chi connectivity index (χ1v) is 9.21. The molecular weight excluding hydrogens is 316 g/mol. The Morgan fingerprint density at radius 3 is 2.92 bits per heavy atom. The Morgan fingerprint density at radius 2 is 2.12 bits per heavy atom. The normalized spacial score (nSPS) is 26.0. The first-order valence-electron chi connectivity index (χ1n) is 9.21. The second-order valence-electron chi connectivity index (χ2n) is 7.24. The molecular formula is C18H24N6O. The van der Waals surface area contributed by atoms with E-state index in [1.807, 2.05) is 17.9 Å². The Kier molecular flexibility index (Phi) is 3.71. The van der Waals surface area contributed by atoms with Crippen LogP contribution in [0.3, 0.4) is 0 Å². The summed E-state index contributed by atoms with van der Waals surface area (Å²) in [7, 11) is 2.02. The van der Waals surface area contributed by atoms with E-state index in [0.717, 1.165) is 45.2 Å². The molecule has 2 fully saturated rings. The Bertz CT molecular complexity index is 769. The third-order valence-corrected chi connectivity index (χ3v) is 5.88. The molecule has 0 N–H and O–H groups in total.